The number of rotatable bonds is 5. The van der Waals surface area contributed by atoms with Gasteiger partial charge < -0.3 is 11.1 Å². The lowest BCUT2D eigenvalue weighted by Gasteiger charge is -2.31. The van der Waals surface area contributed by atoms with Crippen molar-refractivity contribution in [2.45, 2.75) is 36.6 Å². The average Bonchev–Trinajstić information content (AvgIpc) is 3.28. The van der Waals surface area contributed by atoms with Gasteiger partial charge in [0.1, 0.15) is 5.52 Å². The summed E-state index contributed by atoms with van der Waals surface area (Å²) in [5.74, 6) is -0.178. The number of benzene rings is 3. The summed E-state index contributed by atoms with van der Waals surface area (Å²) in [5, 5.41) is 8.96. The second-order valence-corrected chi connectivity index (χ2v) is 10.4. The lowest BCUT2D eigenvalue weighted by molar-refractivity contribution is 0.100. The van der Waals surface area contributed by atoms with Crippen LogP contribution in [0, 0.1) is 6.92 Å². The Morgan fingerprint density at radius 1 is 1.11 bits per heavy atom. The van der Waals surface area contributed by atoms with Gasteiger partial charge in [0.05, 0.1) is 16.1 Å². The minimum Gasteiger partial charge on any atom is -0.366 e. The van der Waals surface area contributed by atoms with E-state index in [9.17, 15) is 17.8 Å². The molecule has 0 saturated carbocycles. The number of nitrogens with two attached hydrogens (primary N) is 1. The Balaban J connectivity index is 1.31. The quantitative estimate of drug-likeness (QED) is 0.364. The molecule has 1 aliphatic heterocycles. The predicted octanol–water partition coefficient (Wildman–Crippen LogP) is 3.89. The number of nitrogens with zero attached hydrogens (tertiary/aromatic N) is 2. The van der Waals surface area contributed by atoms with Crippen molar-refractivity contribution in [3.05, 3.63) is 89.1 Å². The van der Waals surface area contributed by atoms with Crippen molar-refractivity contribution >= 4 is 26.9 Å². The van der Waals surface area contributed by atoms with Crippen molar-refractivity contribution in [1.29, 1.82) is 0 Å². The highest BCUT2D eigenvalue weighted by atomic mass is 32.2. The molecule has 1 unspecified atom stereocenters. The molecule has 8 nitrogen and oxygen atoms in total. The zero-order valence-electron chi connectivity index (χ0n) is 19.2. The van der Waals surface area contributed by atoms with Crippen LogP contribution < -0.4 is 11.1 Å². The topological polar surface area (TPSA) is 127 Å². The van der Waals surface area contributed by atoms with Crippen LogP contribution in [0.5, 0.6) is 0 Å². The molecule has 0 aliphatic carbocycles. The van der Waals surface area contributed by atoms with E-state index in [-0.39, 0.29) is 10.9 Å². The van der Waals surface area contributed by atoms with E-state index < -0.39 is 16.0 Å². The maximum atomic E-state index is 11.7. The summed E-state index contributed by atoms with van der Waals surface area (Å²) in [5.41, 5.74) is 10.4. The molecule has 0 bridgehead atoms. The van der Waals surface area contributed by atoms with Crippen LogP contribution >= 0.6 is 0 Å². The number of hydrogen-bond acceptors (Lipinski definition) is 5. The molecule has 5 rings (SSSR count). The van der Waals surface area contributed by atoms with E-state index >= 15 is 0 Å². The smallest absolute Gasteiger partial charge is 0.294 e. The Bertz CT molecular complexity index is 1520. The number of aromatic nitrogens is 2. The van der Waals surface area contributed by atoms with Crippen molar-refractivity contribution in [2.75, 3.05) is 6.54 Å². The van der Waals surface area contributed by atoms with Gasteiger partial charge >= 0.3 is 0 Å². The zero-order valence-corrected chi connectivity index (χ0v) is 20.0. The second kappa shape index (κ2) is 8.92. The fourth-order valence-electron chi connectivity index (χ4n) is 4.84. The molecule has 3 aromatic carbocycles. The van der Waals surface area contributed by atoms with Crippen LogP contribution in [0.3, 0.4) is 0 Å². The third-order valence-corrected chi connectivity index (χ3v) is 7.62. The number of amides is 1. The van der Waals surface area contributed by atoms with Gasteiger partial charge in [0, 0.05) is 24.2 Å². The molecule has 2 atom stereocenters. The van der Waals surface area contributed by atoms with Gasteiger partial charge in [-0.25, -0.2) is 4.68 Å². The van der Waals surface area contributed by atoms with Gasteiger partial charge in [0.25, 0.3) is 16.0 Å². The molecule has 1 saturated heterocycles. The van der Waals surface area contributed by atoms with E-state index in [0.717, 1.165) is 41.6 Å². The number of piperidine rings is 1. The fraction of sp³-hybridized carbons (Fsp3) is 0.231. The summed E-state index contributed by atoms with van der Waals surface area (Å²) in [4.78, 5) is 11.6. The Kier molecular flexibility index (Phi) is 5.92. The Hall–Kier alpha value is -3.53. The number of carbonyl (C=O) groups is 1. The average molecular weight is 491 g/mol. The summed E-state index contributed by atoms with van der Waals surface area (Å²) in [7, 11) is -4.23. The van der Waals surface area contributed by atoms with Crippen LogP contribution in [0.2, 0.25) is 0 Å². The van der Waals surface area contributed by atoms with E-state index in [0.29, 0.717) is 17.0 Å². The molecule has 9 heteroatoms. The summed E-state index contributed by atoms with van der Waals surface area (Å²) in [6.45, 7) is 2.70. The standard InChI is InChI=1S/C26H26N4O4S/c1-16-5-11-21(35(32,33)34)13-23(16)24-12-8-18(14-28-24)17-6-9-20(10-7-17)30-15-19-3-2-4-22(26(27)31)25(19)29-30/h2-7,9-11,13,15,18,24,28H,8,12,14H2,1H3,(H2,27,31)(H,32,33,34)/t18-,24?/m1/s1. The van der Waals surface area contributed by atoms with Crippen LogP contribution in [0.4, 0.5) is 0 Å². The van der Waals surface area contributed by atoms with Crippen molar-refractivity contribution < 1.29 is 17.8 Å². The first-order valence-corrected chi connectivity index (χ1v) is 12.8. The first-order valence-electron chi connectivity index (χ1n) is 11.4. The molecule has 1 amide bonds. The first-order chi connectivity index (χ1) is 16.7. The summed E-state index contributed by atoms with van der Waals surface area (Å²) < 4.78 is 34.3. The van der Waals surface area contributed by atoms with Crippen LogP contribution in [0.25, 0.3) is 16.6 Å². The minimum absolute atomic E-state index is 0.0307. The number of nitrogens with one attached hydrogen (secondary N) is 1. The zero-order chi connectivity index (χ0) is 24.7. The minimum atomic E-state index is -4.23. The fourth-order valence-corrected chi connectivity index (χ4v) is 5.35. The Morgan fingerprint density at radius 2 is 1.89 bits per heavy atom. The van der Waals surface area contributed by atoms with Gasteiger partial charge in [-0.3, -0.25) is 9.35 Å². The van der Waals surface area contributed by atoms with Gasteiger partial charge in [-0.1, -0.05) is 30.3 Å². The van der Waals surface area contributed by atoms with E-state index in [1.165, 1.54) is 11.6 Å². The third kappa shape index (κ3) is 4.58. The highest BCUT2D eigenvalue weighted by molar-refractivity contribution is 7.85. The summed E-state index contributed by atoms with van der Waals surface area (Å²) >= 11 is 0. The molecule has 4 N–H and O–H groups in total. The van der Waals surface area contributed by atoms with Crippen LogP contribution in [0.1, 0.15) is 51.8 Å². The number of primary amides is 1. The highest BCUT2D eigenvalue weighted by Crippen LogP contribution is 2.34. The number of fused-ring (bicyclic) bond motifs is 1. The van der Waals surface area contributed by atoms with Gasteiger partial charge in [0.15, 0.2) is 0 Å². The largest absolute Gasteiger partial charge is 0.366 e. The molecule has 0 radical (unpaired) electrons. The number of carbonyl (C=O) groups excluding carboxylic acids is 1. The molecule has 4 aromatic rings. The Morgan fingerprint density at radius 3 is 2.54 bits per heavy atom. The molecule has 180 valence electrons. The third-order valence-electron chi connectivity index (χ3n) is 6.77. The Labute approximate surface area is 203 Å². The normalized spacial score (nSPS) is 18.6. The number of aryl methyl sites for hydroxylation is 1. The monoisotopic (exact) mass is 490 g/mol. The van der Waals surface area contributed by atoms with Crippen molar-refractivity contribution in [3.63, 3.8) is 0 Å². The maximum Gasteiger partial charge on any atom is 0.294 e. The van der Waals surface area contributed by atoms with E-state index in [1.54, 1.807) is 28.9 Å². The molecule has 2 heterocycles. The molecule has 35 heavy (non-hydrogen) atoms. The lowest BCUT2D eigenvalue weighted by atomic mass is 9.85. The molecule has 0 spiro atoms. The SMILES string of the molecule is Cc1ccc(S(=O)(=O)O)cc1C1CC[C@@H](c2ccc(-n3cc4cccc(C(N)=O)c4n3)cc2)CN1. The van der Waals surface area contributed by atoms with Crippen molar-refractivity contribution in [1.82, 2.24) is 15.1 Å². The van der Waals surface area contributed by atoms with Gasteiger partial charge in [-0.2, -0.15) is 13.5 Å². The van der Waals surface area contributed by atoms with Gasteiger partial charge in [0.2, 0.25) is 0 Å². The first kappa shape index (κ1) is 23.2. The molecule has 1 aromatic heterocycles. The van der Waals surface area contributed by atoms with E-state index in [1.807, 2.05) is 31.3 Å². The van der Waals surface area contributed by atoms with Crippen molar-refractivity contribution in [3.8, 4) is 5.69 Å². The maximum absolute atomic E-state index is 11.7. The van der Waals surface area contributed by atoms with Gasteiger partial charge in [-0.05, 0) is 72.7 Å². The van der Waals surface area contributed by atoms with Crippen LogP contribution in [0.15, 0.2) is 71.8 Å². The molecular weight excluding hydrogens is 464 g/mol. The van der Waals surface area contributed by atoms with E-state index in [4.69, 9.17) is 5.73 Å². The van der Waals surface area contributed by atoms with Crippen LogP contribution in [-0.2, 0) is 10.1 Å². The van der Waals surface area contributed by atoms with Crippen molar-refractivity contribution in [2.24, 2.45) is 5.73 Å². The summed E-state index contributed by atoms with van der Waals surface area (Å²) in [6, 6.07) is 18.3. The van der Waals surface area contributed by atoms with Gasteiger partial charge in [-0.15, -0.1) is 0 Å². The lowest BCUT2D eigenvalue weighted by Crippen LogP contribution is -2.32. The summed E-state index contributed by atoms with van der Waals surface area (Å²) in [6.07, 6.45) is 3.68. The number of hydrogen-bond donors (Lipinski definition) is 3. The molecule has 1 fully saturated rings. The van der Waals surface area contributed by atoms with E-state index in [2.05, 4.69) is 22.5 Å². The molecular formula is C26H26N4O4S. The second-order valence-electron chi connectivity index (χ2n) is 9.00. The van der Waals surface area contributed by atoms with Crippen LogP contribution in [-0.4, -0.2) is 35.2 Å². The highest BCUT2D eigenvalue weighted by Gasteiger charge is 2.25. The predicted molar refractivity (Wildman–Crippen MR) is 133 cm³/mol. The molecule has 1 aliphatic rings.